The molecular formula is C21H24ClN5O5. The lowest BCUT2D eigenvalue weighted by molar-refractivity contribution is -0.135. The molecule has 2 saturated heterocycles. The average molecular weight is 462 g/mol. The summed E-state index contributed by atoms with van der Waals surface area (Å²) >= 11 is 6.19. The number of fused-ring (bicyclic) bond motifs is 1. The van der Waals surface area contributed by atoms with E-state index in [0.717, 1.165) is 5.39 Å². The predicted molar refractivity (Wildman–Crippen MR) is 116 cm³/mol. The molecule has 3 atom stereocenters. The second kappa shape index (κ2) is 9.17. The summed E-state index contributed by atoms with van der Waals surface area (Å²) in [4.78, 5) is 54.4. The number of carbonyl (C=O) groups is 4. The van der Waals surface area contributed by atoms with Crippen LogP contribution in [0.3, 0.4) is 0 Å². The lowest BCUT2D eigenvalue weighted by Crippen LogP contribution is -2.59. The second-order valence-corrected chi connectivity index (χ2v) is 8.36. The summed E-state index contributed by atoms with van der Waals surface area (Å²) in [6.45, 7) is 0.981. The fourth-order valence-corrected chi connectivity index (χ4v) is 4.35. The van der Waals surface area contributed by atoms with Gasteiger partial charge in [-0.25, -0.2) is 0 Å². The number of benzene rings is 1. The van der Waals surface area contributed by atoms with Gasteiger partial charge < -0.3 is 31.0 Å². The van der Waals surface area contributed by atoms with E-state index in [9.17, 15) is 19.2 Å². The first-order valence-electron chi connectivity index (χ1n) is 10.4. The SMILES string of the molecule is NC(=O)[C@H](C[C@@H]1CCNC1=O)NC(=O)[C@@H]1COCCN1C(=O)c1cc2cccc(Cl)c2[nH]1. The first-order valence-corrected chi connectivity index (χ1v) is 10.8. The minimum atomic E-state index is -1.03. The van der Waals surface area contributed by atoms with Crippen LogP contribution in [0.4, 0.5) is 0 Å². The van der Waals surface area contributed by atoms with Gasteiger partial charge in [0.2, 0.25) is 17.7 Å². The molecule has 0 spiro atoms. The molecular weight excluding hydrogens is 438 g/mol. The Balaban J connectivity index is 1.50. The van der Waals surface area contributed by atoms with Crippen molar-refractivity contribution in [1.29, 1.82) is 0 Å². The molecule has 2 aliphatic rings. The third-order valence-electron chi connectivity index (χ3n) is 5.87. The molecule has 5 N–H and O–H groups in total. The van der Waals surface area contributed by atoms with Crippen LogP contribution in [0.1, 0.15) is 23.3 Å². The maximum atomic E-state index is 13.2. The number of primary amides is 1. The summed E-state index contributed by atoms with van der Waals surface area (Å²) in [5.41, 5.74) is 6.39. The predicted octanol–water partition coefficient (Wildman–Crippen LogP) is 0.159. The highest BCUT2D eigenvalue weighted by molar-refractivity contribution is 6.35. The van der Waals surface area contributed by atoms with E-state index in [0.29, 0.717) is 29.2 Å². The van der Waals surface area contributed by atoms with Gasteiger partial charge in [0.25, 0.3) is 5.91 Å². The maximum Gasteiger partial charge on any atom is 0.271 e. The van der Waals surface area contributed by atoms with Crippen LogP contribution in [0.2, 0.25) is 5.02 Å². The lowest BCUT2D eigenvalue weighted by atomic mass is 9.97. The highest BCUT2D eigenvalue weighted by atomic mass is 35.5. The number of amides is 4. The molecule has 2 aromatic rings. The summed E-state index contributed by atoms with van der Waals surface area (Å²) in [5.74, 6) is -2.25. The number of morpholine rings is 1. The molecule has 3 heterocycles. The Hall–Kier alpha value is -3.11. The summed E-state index contributed by atoms with van der Waals surface area (Å²) in [6, 6.07) is 5.04. The van der Waals surface area contributed by atoms with Crippen LogP contribution in [-0.2, 0) is 19.1 Å². The molecule has 10 nitrogen and oxygen atoms in total. The third-order valence-corrected chi connectivity index (χ3v) is 6.19. The number of aromatic nitrogens is 1. The van der Waals surface area contributed by atoms with E-state index in [1.165, 1.54) is 4.90 Å². The number of nitrogens with one attached hydrogen (secondary N) is 3. The fraction of sp³-hybridized carbons (Fsp3) is 0.429. The molecule has 4 amide bonds. The first-order chi connectivity index (χ1) is 15.3. The Morgan fingerprint density at radius 1 is 1.34 bits per heavy atom. The zero-order valence-electron chi connectivity index (χ0n) is 17.2. The van der Waals surface area contributed by atoms with E-state index in [1.54, 1.807) is 18.2 Å². The topological polar surface area (TPSA) is 147 Å². The number of nitrogens with two attached hydrogens (primary N) is 1. The number of rotatable bonds is 6. The number of hydrogen-bond donors (Lipinski definition) is 4. The normalized spacial score (nSPS) is 21.9. The van der Waals surface area contributed by atoms with Crippen molar-refractivity contribution in [2.45, 2.75) is 24.9 Å². The zero-order valence-corrected chi connectivity index (χ0v) is 18.0. The van der Waals surface area contributed by atoms with Gasteiger partial charge in [0.1, 0.15) is 17.8 Å². The Morgan fingerprint density at radius 3 is 2.84 bits per heavy atom. The van der Waals surface area contributed by atoms with Crippen LogP contribution in [0.15, 0.2) is 24.3 Å². The molecule has 0 radical (unpaired) electrons. The van der Waals surface area contributed by atoms with Crippen LogP contribution >= 0.6 is 11.6 Å². The fourth-order valence-electron chi connectivity index (χ4n) is 4.12. The summed E-state index contributed by atoms with van der Waals surface area (Å²) in [6.07, 6.45) is 0.674. The number of para-hydroxylation sites is 1. The Morgan fingerprint density at radius 2 is 2.16 bits per heavy atom. The number of carbonyl (C=O) groups excluding carboxylic acids is 4. The van der Waals surface area contributed by atoms with Crippen LogP contribution in [0.25, 0.3) is 10.9 Å². The molecule has 0 aliphatic carbocycles. The zero-order chi connectivity index (χ0) is 22.8. The molecule has 2 fully saturated rings. The molecule has 32 heavy (non-hydrogen) atoms. The number of hydrogen-bond acceptors (Lipinski definition) is 5. The number of aromatic amines is 1. The molecule has 1 aromatic carbocycles. The van der Waals surface area contributed by atoms with Crippen molar-refractivity contribution in [2.24, 2.45) is 11.7 Å². The Kier molecular flexibility index (Phi) is 6.33. The van der Waals surface area contributed by atoms with Crippen LogP contribution < -0.4 is 16.4 Å². The van der Waals surface area contributed by atoms with Gasteiger partial charge in [0.05, 0.1) is 23.8 Å². The van der Waals surface area contributed by atoms with E-state index < -0.39 is 29.8 Å². The molecule has 170 valence electrons. The summed E-state index contributed by atoms with van der Waals surface area (Å²) in [7, 11) is 0. The second-order valence-electron chi connectivity index (χ2n) is 7.95. The largest absolute Gasteiger partial charge is 0.377 e. The van der Waals surface area contributed by atoms with Crippen molar-refractivity contribution >= 4 is 46.1 Å². The molecule has 11 heteroatoms. The van der Waals surface area contributed by atoms with Crippen LogP contribution in [0, 0.1) is 5.92 Å². The van der Waals surface area contributed by atoms with Crippen LogP contribution in [-0.4, -0.2) is 71.9 Å². The molecule has 0 unspecified atom stereocenters. The van der Waals surface area contributed by atoms with Crippen molar-refractivity contribution < 1.29 is 23.9 Å². The van der Waals surface area contributed by atoms with E-state index in [1.807, 2.05) is 6.07 Å². The standard InChI is InChI=1S/C21H24ClN5O5/c22-13-3-1-2-11-8-15(25-17(11)13)21(31)27-6-7-32-10-16(27)20(30)26-14(18(23)28)9-12-4-5-24-19(12)29/h1-3,8,12,14,16,25H,4-7,9-10H2,(H2,23,28)(H,24,29)(H,26,30)/t12-,14-,16-/m0/s1. The van der Waals surface area contributed by atoms with Gasteiger partial charge in [-0.1, -0.05) is 23.7 Å². The highest BCUT2D eigenvalue weighted by Crippen LogP contribution is 2.25. The van der Waals surface area contributed by atoms with Crippen molar-refractivity contribution in [3.05, 3.63) is 35.0 Å². The Bertz CT molecular complexity index is 1070. The molecule has 0 bridgehead atoms. The first kappa shape index (κ1) is 22.1. The smallest absolute Gasteiger partial charge is 0.271 e. The van der Waals surface area contributed by atoms with Gasteiger partial charge in [-0.3, -0.25) is 19.2 Å². The average Bonchev–Trinajstić information content (AvgIpc) is 3.39. The van der Waals surface area contributed by atoms with E-state index in [4.69, 9.17) is 22.1 Å². The van der Waals surface area contributed by atoms with Gasteiger partial charge in [0.15, 0.2) is 0 Å². The number of halogens is 1. The van der Waals surface area contributed by atoms with Crippen molar-refractivity contribution in [1.82, 2.24) is 20.5 Å². The Labute approximate surface area is 188 Å². The molecule has 1 aromatic heterocycles. The van der Waals surface area contributed by atoms with Crippen LogP contribution in [0.5, 0.6) is 0 Å². The highest BCUT2D eigenvalue weighted by Gasteiger charge is 2.37. The molecule has 2 aliphatic heterocycles. The van der Waals surface area contributed by atoms with E-state index >= 15 is 0 Å². The molecule has 0 saturated carbocycles. The van der Waals surface area contributed by atoms with Gasteiger partial charge in [-0.05, 0) is 25.0 Å². The number of nitrogens with zero attached hydrogens (tertiary/aromatic N) is 1. The third kappa shape index (κ3) is 4.42. The van der Waals surface area contributed by atoms with Crippen molar-refractivity contribution in [3.8, 4) is 0 Å². The van der Waals surface area contributed by atoms with Crippen molar-refractivity contribution in [2.75, 3.05) is 26.3 Å². The summed E-state index contributed by atoms with van der Waals surface area (Å²) < 4.78 is 5.42. The minimum absolute atomic E-state index is 0.0199. The van der Waals surface area contributed by atoms with Gasteiger partial charge >= 0.3 is 0 Å². The van der Waals surface area contributed by atoms with Gasteiger partial charge in [-0.2, -0.15) is 0 Å². The van der Waals surface area contributed by atoms with Gasteiger partial charge in [-0.15, -0.1) is 0 Å². The lowest BCUT2D eigenvalue weighted by Gasteiger charge is -2.35. The maximum absolute atomic E-state index is 13.2. The van der Waals surface area contributed by atoms with Gasteiger partial charge in [0, 0.05) is 24.4 Å². The summed E-state index contributed by atoms with van der Waals surface area (Å²) in [5, 5.41) is 6.56. The number of H-pyrrole nitrogens is 1. The number of ether oxygens (including phenoxy) is 1. The quantitative estimate of drug-likeness (QED) is 0.484. The van der Waals surface area contributed by atoms with E-state index in [2.05, 4.69) is 15.6 Å². The molecule has 4 rings (SSSR count). The monoisotopic (exact) mass is 461 g/mol. The van der Waals surface area contributed by atoms with E-state index in [-0.39, 0.29) is 38.0 Å². The minimum Gasteiger partial charge on any atom is -0.377 e. The van der Waals surface area contributed by atoms with Crippen molar-refractivity contribution in [3.63, 3.8) is 0 Å².